The number of piperazine rings is 1. The molecule has 1 fully saturated rings. The highest BCUT2D eigenvalue weighted by Crippen LogP contribution is 2.16. The van der Waals surface area contributed by atoms with Gasteiger partial charge < -0.3 is 10.2 Å². The molecule has 0 radical (unpaired) electrons. The minimum absolute atomic E-state index is 0.0605. The number of hydrogen-bond acceptors (Lipinski definition) is 5. The van der Waals surface area contributed by atoms with Gasteiger partial charge in [0.2, 0.25) is 15.9 Å². The average molecular weight is 459 g/mol. The Bertz CT molecular complexity index is 1030. The molecule has 0 bridgehead atoms. The van der Waals surface area contributed by atoms with Crippen LogP contribution in [-0.2, 0) is 27.9 Å². The minimum atomic E-state index is -3.64. The topological polar surface area (TPSA) is 81.7 Å². The Morgan fingerprint density at radius 1 is 1.00 bits per heavy atom. The Labute approximate surface area is 191 Å². The van der Waals surface area contributed by atoms with Crippen LogP contribution in [0, 0.1) is 13.8 Å². The summed E-state index contributed by atoms with van der Waals surface area (Å²) in [7, 11) is -1.49. The summed E-state index contributed by atoms with van der Waals surface area (Å²) in [5.74, 6) is -0.182. The first kappa shape index (κ1) is 24.4. The molecule has 7 nitrogen and oxygen atoms in total. The van der Waals surface area contributed by atoms with E-state index < -0.39 is 10.0 Å². The minimum Gasteiger partial charge on any atom is -0.352 e. The first-order valence-corrected chi connectivity index (χ1v) is 12.5. The Kier molecular flexibility index (Phi) is 8.42. The van der Waals surface area contributed by atoms with Crippen molar-refractivity contribution < 1.29 is 13.2 Å². The Morgan fingerprint density at radius 2 is 1.72 bits per heavy atom. The van der Waals surface area contributed by atoms with Crippen molar-refractivity contribution in [3.8, 4) is 0 Å². The predicted molar refractivity (Wildman–Crippen MR) is 127 cm³/mol. The quantitative estimate of drug-likeness (QED) is 0.601. The molecule has 0 unspecified atom stereocenters. The highest BCUT2D eigenvalue weighted by atomic mass is 32.2. The van der Waals surface area contributed by atoms with E-state index in [9.17, 15) is 13.2 Å². The van der Waals surface area contributed by atoms with Gasteiger partial charge >= 0.3 is 0 Å². The number of sulfonamides is 1. The van der Waals surface area contributed by atoms with Crippen LogP contribution in [0.3, 0.4) is 0 Å². The highest BCUT2D eigenvalue weighted by Gasteiger charge is 2.17. The van der Waals surface area contributed by atoms with E-state index >= 15 is 0 Å². The van der Waals surface area contributed by atoms with E-state index in [0.717, 1.165) is 43.9 Å². The first-order valence-electron chi connectivity index (χ1n) is 11.1. The molecule has 3 rings (SSSR count). The summed E-state index contributed by atoms with van der Waals surface area (Å²) in [5, 5.41) is 2.89. The number of hydrogen-bond donors (Lipinski definition) is 2. The molecule has 174 valence electrons. The molecule has 0 spiro atoms. The van der Waals surface area contributed by atoms with Gasteiger partial charge in [0.05, 0.1) is 4.90 Å². The SMILES string of the molecule is Cc1ccc(C)c(S(=O)(=O)NCCC(=O)NCc2cccc(CN3CCN(C)CC3)c2)c1. The number of nitrogens with zero attached hydrogens (tertiary/aromatic N) is 2. The predicted octanol–water partition coefficient (Wildman–Crippen LogP) is 2.04. The van der Waals surface area contributed by atoms with Crippen LogP contribution in [-0.4, -0.2) is 63.9 Å². The van der Waals surface area contributed by atoms with Crippen molar-refractivity contribution in [3.63, 3.8) is 0 Å². The van der Waals surface area contributed by atoms with Gasteiger partial charge in [-0.3, -0.25) is 9.69 Å². The molecule has 0 aromatic heterocycles. The third-order valence-electron chi connectivity index (χ3n) is 5.76. The molecule has 1 aliphatic heterocycles. The zero-order chi connectivity index (χ0) is 23.1. The van der Waals surface area contributed by atoms with E-state index in [1.54, 1.807) is 19.1 Å². The molecule has 0 atom stereocenters. The van der Waals surface area contributed by atoms with Gasteiger partial charge in [-0.25, -0.2) is 13.1 Å². The van der Waals surface area contributed by atoms with E-state index in [-0.39, 0.29) is 23.8 Å². The number of amides is 1. The van der Waals surface area contributed by atoms with Gasteiger partial charge in [0, 0.05) is 52.2 Å². The lowest BCUT2D eigenvalue weighted by atomic mass is 10.1. The lowest BCUT2D eigenvalue weighted by molar-refractivity contribution is -0.121. The van der Waals surface area contributed by atoms with Gasteiger partial charge in [0.25, 0.3) is 0 Å². The normalized spacial score (nSPS) is 15.6. The Balaban J connectivity index is 1.44. The van der Waals surface area contributed by atoms with Crippen LogP contribution in [0.15, 0.2) is 47.4 Å². The fraction of sp³-hybridized carbons (Fsp3) is 0.458. The second-order valence-corrected chi connectivity index (χ2v) is 10.3. The molecule has 1 aliphatic rings. The van der Waals surface area contributed by atoms with E-state index in [2.05, 4.69) is 39.0 Å². The van der Waals surface area contributed by atoms with Gasteiger partial charge in [0.15, 0.2) is 0 Å². The number of aryl methyl sites for hydroxylation is 2. The van der Waals surface area contributed by atoms with Crippen molar-refractivity contribution >= 4 is 15.9 Å². The summed E-state index contributed by atoms with van der Waals surface area (Å²) < 4.78 is 27.6. The molecular formula is C24H34N4O3S. The first-order chi connectivity index (χ1) is 15.2. The number of benzene rings is 2. The standard InChI is InChI=1S/C24H34N4O3S/c1-19-7-8-20(2)23(15-19)32(30,31)26-10-9-24(29)25-17-21-5-4-6-22(16-21)18-28-13-11-27(3)12-14-28/h4-8,15-16,26H,9-14,17-18H2,1-3H3,(H,25,29). The summed E-state index contributed by atoms with van der Waals surface area (Å²) in [6, 6.07) is 13.6. The molecule has 2 N–H and O–H groups in total. The fourth-order valence-electron chi connectivity index (χ4n) is 3.76. The Hall–Kier alpha value is -2.26. The second-order valence-electron chi connectivity index (χ2n) is 8.59. The second kappa shape index (κ2) is 11.0. The third-order valence-corrected chi connectivity index (χ3v) is 7.36. The van der Waals surface area contributed by atoms with Crippen molar-refractivity contribution in [2.24, 2.45) is 0 Å². The average Bonchev–Trinajstić information content (AvgIpc) is 2.76. The third kappa shape index (κ3) is 7.13. The van der Waals surface area contributed by atoms with Gasteiger partial charge in [-0.05, 0) is 49.2 Å². The number of carbonyl (C=O) groups excluding carboxylic acids is 1. The maximum atomic E-state index is 12.5. The maximum Gasteiger partial charge on any atom is 0.240 e. The summed E-state index contributed by atoms with van der Waals surface area (Å²) in [6.07, 6.45) is 0.0884. The molecule has 0 saturated carbocycles. The number of likely N-dealkylation sites (N-methyl/N-ethyl adjacent to an activating group) is 1. The van der Waals surface area contributed by atoms with Crippen LogP contribution in [0.25, 0.3) is 0 Å². The molecule has 1 saturated heterocycles. The highest BCUT2D eigenvalue weighted by molar-refractivity contribution is 7.89. The van der Waals surface area contributed by atoms with Crippen LogP contribution in [0.2, 0.25) is 0 Å². The van der Waals surface area contributed by atoms with Crippen LogP contribution < -0.4 is 10.0 Å². The largest absolute Gasteiger partial charge is 0.352 e. The summed E-state index contributed by atoms with van der Waals surface area (Å²) in [5.41, 5.74) is 3.84. The lowest BCUT2D eigenvalue weighted by Crippen LogP contribution is -2.43. The van der Waals surface area contributed by atoms with Gasteiger partial charge in [-0.15, -0.1) is 0 Å². The van der Waals surface area contributed by atoms with E-state index in [0.29, 0.717) is 12.1 Å². The van der Waals surface area contributed by atoms with Crippen LogP contribution >= 0.6 is 0 Å². The molecule has 0 aliphatic carbocycles. The zero-order valence-corrected chi connectivity index (χ0v) is 20.0. The summed E-state index contributed by atoms with van der Waals surface area (Å²) in [4.78, 5) is 17.3. The van der Waals surface area contributed by atoms with E-state index in [4.69, 9.17) is 0 Å². The van der Waals surface area contributed by atoms with Crippen molar-refractivity contribution in [2.45, 2.75) is 38.3 Å². The summed E-state index contributed by atoms with van der Waals surface area (Å²) in [6.45, 7) is 9.32. The number of rotatable bonds is 9. The fourth-order valence-corrected chi connectivity index (χ4v) is 5.12. The van der Waals surface area contributed by atoms with E-state index in [1.807, 2.05) is 25.1 Å². The van der Waals surface area contributed by atoms with Crippen LogP contribution in [0.5, 0.6) is 0 Å². The smallest absolute Gasteiger partial charge is 0.240 e. The van der Waals surface area contributed by atoms with Crippen molar-refractivity contribution in [1.29, 1.82) is 0 Å². The zero-order valence-electron chi connectivity index (χ0n) is 19.2. The molecule has 2 aromatic rings. The van der Waals surface area contributed by atoms with Crippen LogP contribution in [0.1, 0.15) is 28.7 Å². The Morgan fingerprint density at radius 3 is 2.47 bits per heavy atom. The van der Waals surface area contributed by atoms with Gasteiger partial charge in [0.1, 0.15) is 0 Å². The van der Waals surface area contributed by atoms with E-state index in [1.165, 1.54) is 5.56 Å². The molecule has 8 heteroatoms. The van der Waals surface area contributed by atoms with Crippen molar-refractivity contribution in [2.75, 3.05) is 39.8 Å². The number of nitrogens with one attached hydrogen (secondary N) is 2. The molecule has 2 aromatic carbocycles. The molecule has 1 amide bonds. The molecule has 1 heterocycles. The molecule has 32 heavy (non-hydrogen) atoms. The monoisotopic (exact) mass is 458 g/mol. The molecular weight excluding hydrogens is 424 g/mol. The van der Waals surface area contributed by atoms with Crippen molar-refractivity contribution in [3.05, 3.63) is 64.7 Å². The van der Waals surface area contributed by atoms with Gasteiger partial charge in [-0.1, -0.05) is 36.4 Å². The van der Waals surface area contributed by atoms with Gasteiger partial charge in [-0.2, -0.15) is 0 Å². The summed E-state index contributed by atoms with van der Waals surface area (Å²) >= 11 is 0. The number of carbonyl (C=O) groups is 1. The van der Waals surface area contributed by atoms with Crippen LogP contribution in [0.4, 0.5) is 0 Å². The van der Waals surface area contributed by atoms with Crippen molar-refractivity contribution in [1.82, 2.24) is 19.8 Å². The lowest BCUT2D eigenvalue weighted by Gasteiger charge is -2.32. The maximum absolute atomic E-state index is 12.5.